The Kier molecular flexibility index (Phi) is 3.79. The molecule has 100 valence electrons. The van der Waals surface area contributed by atoms with Gasteiger partial charge in [0.2, 0.25) is 5.88 Å². The van der Waals surface area contributed by atoms with E-state index in [1.807, 2.05) is 12.1 Å². The first-order chi connectivity index (χ1) is 8.45. The van der Waals surface area contributed by atoms with Crippen LogP contribution in [0.1, 0.15) is 46.5 Å². The molecule has 0 atom stereocenters. The second-order valence-electron chi connectivity index (χ2n) is 6.39. The van der Waals surface area contributed by atoms with Crippen molar-refractivity contribution in [3.05, 3.63) is 18.3 Å². The van der Waals surface area contributed by atoms with Crippen LogP contribution in [0, 0.1) is 11.3 Å². The molecule has 3 nitrogen and oxygen atoms in total. The molecule has 1 saturated carbocycles. The van der Waals surface area contributed by atoms with Gasteiger partial charge in [-0.05, 0) is 43.1 Å². The predicted molar refractivity (Wildman–Crippen MR) is 74.5 cm³/mol. The molecule has 3 heteroatoms. The van der Waals surface area contributed by atoms with Gasteiger partial charge in [0.15, 0.2) is 0 Å². The molecule has 0 saturated heterocycles. The smallest absolute Gasteiger partial charge is 0.213 e. The number of nitrogens with zero attached hydrogens (tertiary/aromatic N) is 1. The number of hydrogen-bond acceptors (Lipinski definition) is 3. The van der Waals surface area contributed by atoms with Gasteiger partial charge in [0.05, 0.1) is 11.9 Å². The van der Waals surface area contributed by atoms with Crippen LogP contribution in [-0.2, 0) is 0 Å². The highest BCUT2D eigenvalue weighted by Gasteiger charge is 2.30. The molecule has 1 aromatic heterocycles. The summed E-state index contributed by atoms with van der Waals surface area (Å²) in [7, 11) is 0. The Morgan fingerprint density at radius 1 is 1.17 bits per heavy atom. The quantitative estimate of drug-likeness (QED) is 0.869. The highest BCUT2D eigenvalue weighted by Crippen LogP contribution is 2.38. The summed E-state index contributed by atoms with van der Waals surface area (Å²) in [5.41, 5.74) is 6.71. The van der Waals surface area contributed by atoms with Crippen molar-refractivity contribution in [3.8, 4) is 5.88 Å². The zero-order chi connectivity index (χ0) is 13.2. The number of aromatic nitrogens is 1. The lowest BCUT2D eigenvalue weighted by atomic mass is 9.72. The number of nitrogens with two attached hydrogens (primary N) is 1. The molecular weight excluding hydrogens is 224 g/mol. The van der Waals surface area contributed by atoms with Crippen molar-refractivity contribution in [2.75, 3.05) is 5.73 Å². The van der Waals surface area contributed by atoms with Crippen LogP contribution in [0.5, 0.6) is 5.88 Å². The molecule has 18 heavy (non-hydrogen) atoms. The molecule has 1 fully saturated rings. The number of pyridine rings is 1. The fourth-order valence-corrected chi connectivity index (χ4v) is 2.68. The summed E-state index contributed by atoms with van der Waals surface area (Å²) in [6, 6.07) is 3.69. The van der Waals surface area contributed by atoms with Crippen molar-refractivity contribution in [1.29, 1.82) is 0 Å². The number of nitrogen functional groups attached to an aromatic ring is 1. The van der Waals surface area contributed by atoms with Crippen molar-refractivity contribution in [3.63, 3.8) is 0 Å². The van der Waals surface area contributed by atoms with Crippen molar-refractivity contribution >= 4 is 5.69 Å². The van der Waals surface area contributed by atoms with Gasteiger partial charge in [0, 0.05) is 6.07 Å². The minimum absolute atomic E-state index is 0.319. The lowest BCUT2D eigenvalue weighted by Crippen LogP contribution is -2.30. The highest BCUT2D eigenvalue weighted by molar-refractivity contribution is 5.36. The van der Waals surface area contributed by atoms with Gasteiger partial charge in [-0.15, -0.1) is 0 Å². The Labute approximate surface area is 110 Å². The molecule has 0 unspecified atom stereocenters. The van der Waals surface area contributed by atoms with E-state index in [2.05, 4.69) is 25.8 Å². The molecule has 0 spiro atoms. The van der Waals surface area contributed by atoms with Gasteiger partial charge in [-0.3, -0.25) is 0 Å². The van der Waals surface area contributed by atoms with Gasteiger partial charge in [-0.2, -0.15) is 0 Å². The Hall–Kier alpha value is -1.25. The van der Waals surface area contributed by atoms with Crippen LogP contribution in [-0.4, -0.2) is 11.1 Å². The van der Waals surface area contributed by atoms with E-state index >= 15 is 0 Å². The molecule has 1 aliphatic carbocycles. The number of ether oxygens (including phenoxy) is 1. The number of anilines is 1. The van der Waals surface area contributed by atoms with Gasteiger partial charge in [-0.25, -0.2) is 4.98 Å². The van der Waals surface area contributed by atoms with Gasteiger partial charge in [0.1, 0.15) is 6.10 Å². The zero-order valence-electron chi connectivity index (χ0n) is 11.6. The molecule has 2 rings (SSSR count). The molecule has 1 heterocycles. The zero-order valence-corrected chi connectivity index (χ0v) is 11.6. The van der Waals surface area contributed by atoms with Crippen molar-refractivity contribution in [1.82, 2.24) is 4.98 Å². The summed E-state index contributed by atoms with van der Waals surface area (Å²) < 4.78 is 5.90. The fourth-order valence-electron chi connectivity index (χ4n) is 2.68. The summed E-state index contributed by atoms with van der Waals surface area (Å²) >= 11 is 0. The summed E-state index contributed by atoms with van der Waals surface area (Å²) in [5.74, 6) is 1.51. The van der Waals surface area contributed by atoms with Crippen molar-refractivity contribution in [2.45, 2.75) is 52.6 Å². The van der Waals surface area contributed by atoms with Crippen LogP contribution in [0.15, 0.2) is 18.3 Å². The maximum Gasteiger partial charge on any atom is 0.213 e. The van der Waals surface area contributed by atoms with Crippen LogP contribution in [0.4, 0.5) is 5.69 Å². The average Bonchev–Trinajstić information content (AvgIpc) is 2.32. The van der Waals surface area contributed by atoms with Crippen molar-refractivity contribution in [2.24, 2.45) is 11.3 Å². The van der Waals surface area contributed by atoms with Crippen LogP contribution in [0.3, 0.4) is 0 Å². The normalized spacial score (nSPS) is 24.8. The largest absolute Gasteiger partial charge is 0.474 e. The molecule has 0 bridgehead atoms. The Morgan fingerprint density at radius 2 is 1.83 bits per heavy atom. The van der Waals surface area contributed by atoms with E-state index in [0.29, 0.717) is 23.1 Å². The number of rotatable bonds is 2. The van der Waals surface area contributed by atoms with E-state index in [1.54, 1.807) is 6.20 Å². The minimum Gasteiger partial charge on any atom is -0.474 e. The summed E-state index contributed by atoms with van der Waals surface area (Å²) in [6.45, 7) is 7.00. The van der Waals surface area contributed by atoms with E-state index in [4.69, 9.17) is 10.5 Å². The van der Waals surface area contributed by atoms with E-state index < -0.39 is 0 Å². The second-order valence-corrected chi connectivity index (χ2v) is 6.39. The molecule has 1 aliphatic rings. The third-order valence-corrected chi connectivity index (χ3v) is 3.95. The van der Waals surface area contributed by atoms with Crippen LogP contribution >= 0.6 is 0 Å². The third-order valence-electron chi connectivity index (χ3n) is 3.95. The lowest BCUT2D eigenvalue weighted by molar-refractivity contribution is 0.0852. The first-order valence-corrected chi connectivity index (χ1v) is 6.83. The standard InChI is InChI=1S/C15H24N2O/c1-15(2,3)11-4-7-13(8-5-11)18-14-9-6-12(16)10-17-14/h6,9-11,13H,4-5,7-8,16H2,1-3H3. The van der Waals surface area contributed by atoms with E-state index in [1.165, 1.54) is 12.8 Å². The maximum absolute atomic E-state index is 5.90. The fraction of sp³-hybridized carbons (Fsp3) is 0.667. The topological polar surface area (TPSA) is 48.1 Å². The monoisotopic (exact) mass is 248 g/mol. The Bertz CT molecular complexity index is 372. The van der Waals surface area contributed by atoms with Crippen LogP contribution < -0.4 is 10.5 Å². The molecule has 2 N–H and O–H groups in total. The van der Waals surface area contributed by atoms with E-state index in [-0.39, 0.29) is 0 Å². The molecule has 0 amide bonds. The summed E-state index contributed by atoms with van der Waals surface area (Å²) in [6.07, 6.45) is 6.74. The Balaban J connectivity index is 1.85. The molecule has 0 aliphatic heterocycles. The molecule has 1 aromatic rings. The predicted octanol–water partition coefficient (Wildman–Crippen LogP) is 3.65. The first-order valence-electron chi connectivity index (χ1n) is 6.83. The maximum atomic E-state index is 5.90. The average molecular weight is 248 g/mol. The first kappa shape index (κ1) is 13.2. The van der Waals surface area contributed by atoms with Crippen LogP contribution in [0.25, 0.3) is 0 Å². The molecular formula is C15H24N2O. The number of hydrogen-bond donors (Lipinski definition) is 1. The van der Waals surface area contributed by atoms with Crippen LogP contribution in [0.2, 0.25) is 0 Å². The summed E-state index contributed by atoms with van der Waals surface area (Å²) in [4.78, 5) is 4.19. The van der Waals surface area contributed by atoms with E-state index in [9.17, 15) is 0 Å². The SMILES string of the molecule is CC(C)(C)C1CCC(Oc2ccc(N)cn2)CC1. The van der Waals surface area contributed by atoms with Gasteiger partial charge < -0.3 is 10.5 Å². The van der Waals surface area contributed by atoms with Gasteiger partial charge in [-0.1, -0.05) is 20.8 Å². The third kappa shape index (κ3) is 3.37. The van der Waals surface area contributed by atoms with Crippen molar-refractivity contribution < 1.29 is 4.74 Å². The summed E-state index contributed by atoms with van der Waals surface area (Å²) in [5, 5.41) is 0. The van der Waals surface area contributed by atoms with Gasteiger partial charge >= 0.3 is 0 Å². The second kappa shape index (κ2) is 5.17. The highest BCUT2D eigenvalue weighted by atomic mass is 16.5. The van der Waals surface area contributed by atoms with Gasteiger partial charge in [0.25, 0.3) is 0 Å². The minimum atomic E-state index is 0.319. The molecule has 0 radical (unpaired) electrons. The van der Waals surface area contributed by atoms with E-state index in [0.717, 1.165) is 18.8 Å². The Morgan fingerprint density at radius 3 is 2.33 bits per heavy atom. The lowest BCUT2D eigenvalue weighted by Gasteiger charge is -2.36. The molecule has 0 aromatic carbocycles.